The maximum atomic E-state index is 13.4. The van der Waals surface area contributed by atoms with Gasteiger partial charge in [0.15, 0.2) is 0 Å². The molecule has 232 valence electrons. The van der Waals surface area contributed by atoms with Gasteiger partial charge in [0.05, 0.1) is 24.3 Å². The number of fused-ring (bicyclic) bond motifs is 1. The molecule has 45 heavy (non-hydrogen) atoms. The highest BCUT2D eigenvalue weighted by Crippen LogP contribution is 2.58. The number of hydrogen-bond donors (Lipinski definition) is 1. The molecule has 3 aliphatic carbocycles. The van der Waals surface area contributed by atoms with Crippen LogP contribution in [0.1, 0.15) is 54.8 Å². The van der Waals surface area contributed by atoms with Crippen molar-refractivity contribution in [2.45, 2.75) is 16.7 Å². The molecule has 7 nitrogen and oxygen atoms in total. The molecule has 0 aliphatic heterocycles. The second-order valence-electron chi connectivity index (χ2n) is 10.7. The fourth-order valence-electron chi connectivity index (χ4n) is 6.48. The van der Waals surface area contributed by atoms with Gasteiger partial charge in [0, 0.05) is 41.5 Å². The second kappa shape index (κ2) is 13.7. The molecule has 7 rings (SSSR count). The van der Waals surface area contributed by atoms with Crippen LogP contribution in [0.15, 0.2) is 77.7 Å². The Labute approximate surface area is 328 Å². The Bertz CT molecular complexity index is 1910. The molecule has 2 bridgehead atoms. The monoisotopic (exact) mass is 1180 g/mol. The van der Waals surface area contributed by atoms with E-state index in [-0.39, 0.29) is 54.5 Å². The maximum Gasteiger partial charge on any atom is 0.339 e. The van der Waals surface area contributed by atoms with Crippen molar-refractivity contribution in [3.8, 4) is 0 Å². The topological polar surface area (TPSA) is 107 Å². The van der Waals surface area contributed by atoms with E-state index in [1.54, 1.807) is 45.2 Å². The van der Waals surface area contributed by atoms with Crippen molar-refractivity contribution in [1.82, 2.24) is 0 Å². The van der Waals surface area contributed by atoms with Crippen LogP contribution in [0.25, 0.3) is 0 Å². The molecule has 0 saturated heterocycles. The van der Waals surface area contributed by atoms with E-state index in [2.05, 4.69) is 92.0 Å². The SMILES string of the molecule is O=C(OCC1C2c3ccccc3C(c3ccccc32)C1COC(=O)c1cc(I)cc(I)c1I)c1cc(I)c(S(=O)(=O)O)c(I)c1. The first-order valence-electron chi connectivity index (χ1n) is 13.5. The van der Waals surface area contributed by atoms with Crippen molar-refractivity contribution in [2.24, 2.45) is 11.8 Å². The van der Waals surface area contributed by atoms with Crippen LogP contribution in [-0.2, 0) is 19.6 Å². The van der Waals surface area contributed by atoms with Gasteiger partial charge in [0.25, 0.3) is 10.1 Å². The van der Waals surface area contributed by atoms with Gasteiger partial charge >= 0.3 is 11.9 Å². The zero-order chi connectivity index (χ0) is 32.2. The molecular weight excluding hydrogens is 1160 g/mol. The van der Waals surface area contributed by atoms with Crippen LogP contribution >= 0.6 is 113 Å². The predicted molar refractivity (Wildman–Crippen MR) is 210 cm³/mol. The first kappa shape index (κ1) is 34.3. The molecule has 13 heteroatoms. The Hall–Kier alpha value is -0.620. The molecule has 0 heterocycles. The highest BCUT2D eigenvalue weighted by Gasteiger charge is 2.50. The normalized spacial score (nSPS) is 19.9. The number of esters is 2. The van der Waals surface area contributed by atoms with Gasteiger partial charge in [-0.05, 0) is 159 Å². The van der Waals surface area contributed by atoms with E-state index >= 15 is 0 Å². The van der Waals surface area contributed by atoms with Crippen molar-refractivity contribution < 1.29 is 32.0 Å². The van der Waals surface area contributed by atoms with Gasteiger partial charge in [-0.25, -0.2) is 9.59 Å². The van der Waals surface area contributed by atoms with Crippen molar-refractivity contribution in [3.63, 3.8) is 0 Å². The summed E-state index contributed by atoms with van der Waals surface area (Å²) in [5.74, 6) is -1.50. The van der Waals surface area contributed by atoms with Gasteiger partial charge in [-0.15, -0.1) is 0 Å². The summed E-state index contributed by atoms with van der Waals surface area (Å²) in [5, 5.41) is 0. The lowest BCUT2D eigenvalue weighted by atomic mass is 9.54. The summed E-state index contributed by atoms with van der Waals surface area (Å²) >= 11 is 10.2. The van der Waals surface area contributed by atoms with E-state index in [1.807, 2.05) is 36.4 Å². The Morgan fingerprint density at radius 1 is 0.667 bits per heavy atom. The lowest BCUT2D eigenvalue weighted by molar-refractivity contribution is 0.0116. The van der Waals surface area contributed by atoms with Gasteiger partial charge in [0.1, 0.15) is 4.90 Å². The van der Waals surface area contributed by atoms with Gasteiger partial charge < -0.3 is 9.47 Å². The predicted octanol–water partition coefficient (Wildman–Crippen LogP) is 8.49. The molecule has 2 unspecified atom stereocenters. The first-order valence-corrected chi connectivity index (χ1v) is 20.3. The van der Waals surface area contributed by atoms with Crippen LogP contribution in [0.4, 0.5) is 0 Å². The van der Waals surface area contributed by atoms with E-state index in [9.17, 15) is 22.6 Å². The third kappa shape index (κ3) is 6.69. The summed E-state index contributed by atoms with van der Waals surface area (Å²) in [7, 11) is -4.46. The van der Waals surface area contributed by atoms with Crippen molar-refractivity contribution in [2.75, 3.05) is 13.2 Å². The Morgan fingerprint density at radius 3 is 1.56 bits per heavy atom. The number of halogens is 5. The standard InChI is InChI=1S/C32H21I5O7S/c33-16-11-21(29(37)24(34)12-16)32(39)44-14-23-22(13-43-31(38)15-9-25(35)30(26(36)10-15)45(40,41)42)27-17-5-1-3-7-19(17)28(23)20-8-4-2-6-18(20)27/h1-12,22-23,27-28H,13-14H2,(H,40,41,42). The average Bonchev–Trinajstić information content (AvgIpc) is 2.99. The Kier molecular flexibility index (Phi) is 10.4. The highest BCUT2D eigenvalue weighted by atomic mass is 127. The lowest BCUT2D eigenvalue weighted by Gasteiger charge is -2.50. The Morgan fingerprint density at radius 2 is 1.11 bits per heavy atom. The van der Waals surface area contributed by atoms with Crippen molar-refractivity contribution in [3.05, 3.63) is 124 Å². The molecule has 0 aromatic heterocycles. The van der Waals surface area contributed by atoms with Crippen LogP contribution in [0.2, 0.25) is 0 Å². The minimum atomic E-state index is -4.46. The largest absolute Gasteiger partial charge is 0.462 e. The van der Waals surface area contributed by atoms with Crippen LogP contribution < -0.4 is 0 Å². The molecule has 0 amide bonds. The van der Waals surface area contributed by atoms with Gasteiger partial charge in [-0.2, -0.15) is 8.42 Å². The quantitative estimate of drug-likeness (QED) is 0.0857. The molecule has 1 N–H and O–H groups in total. The van der Waals surface area contributed by atoms with E-state index in [1.165, 1.54) is 34.4 Å². The van der Waals surface area contributed by atoms with E-state index in [4.69, 9.17) is 9.47 Å². The summed E-state index contributed by atoms with van der Waals surface area (Å²) in [5.41, 5.74) is 5.43. The zero-order valence-electron chi connectivity index (χ0n) is 22.8. The molecule has 0 saturated carbocycles. The van der Waals surface area contributed by atoms with E-state index < -0.39 is 22.1 Å². The number of ether oxygens (including phenoxy) is 2. The van der Waals surface area contributed by atoms with Crippen molar-refractivity contribution in [1.29, 1.82) is 0 Å². The lowest BCUT2D eigenvalue weighted by Crippen LogP contribution is -2.44. The fraction of sp³-hybridized carbons (Fsp3) is 0.188. The minimum absolute atomic E-state index is 0.0649. The summed E-state index contributed by atoms with van der Waals surface area (Å²) in [6.07, 6.45) is 0. The third-order valence-electron chi connectivity index (χ3n) is 8.26. The number of carbonyl (C=O) groups is 2. The molecule has 4 aromatic rings. The molecule has 0 radical (unpaired) electrons. The number of carbonyl (C=O) groups excluding carboxylic acids is 2. The van der Waals surface area contributed by atoms with Crippen LogP contribution in [0, 0.1) is 29.7 Å². The van der Waals surface area contributed by atoms with Gasteiger partial charge in [-0.1, -0.05) is 48.5 Å². The highest BCUT2D eigenvalue weighted by molar-refractivity contribution is 14.1. The number of hydrogen-bond acceptors (Lipinski definition) is 6. The maximum absolute atomic E-state index is 13.4. The third-order valence-corrected chi connectivity index (χ3v) is 15.3. The summed E-state index contributed by atoms with van der Waals surface area (Å²) in [6.45, 7) is 0.207. The molecule has 4 aromatic carbocycles. The molecule has 0 spiro atoms. The first-order chi connectivity index (χ1) is 21.4. The molecular formula is C32H21I5O7S. The van der Waals surface area contributed by atoms with E-state index in [0.717, 1.165) is 10.7 Å². The van der Waals surface area contributed by atoms with Crippen LogP contribution in [0.5, 0.6) is 0 Å². The summed E-state index contributed by atoms with van der Waals surface area (Å²) in [6, 6.07) is 23.2. The minimum Gasteiger partial charge on any atom is -0.462 e. The van der Waals surface area contributed by atoms with Crippen LogP contribution in [0.3, 0.4) is 0 Å². The number of rotatable bonds is 7. The summed E-state index contributed by atoms with van der Waals surface area (Å²) < 4.78 is 48.5. The van der Waals surface area contributed by atoms with Gasteiger partial charge in [-0.3, -0.25) is 4.55 Å². The van der Waals surface area contributed by atoms with E-state index in [0.29, 0.717) is 5.56 Å². The average molecular weight is 1180 g/mol. The number of benzene rings is 4. The smallest absolute Gasteiger partial charge is 0.339 e. The molecule has 3 aliphatic rings. The fourth-order valence-corrected chi connectivity index (χ4v) is 12.9. The van der Waals surface area contributed by atoms with Gasteiger partial charge in [0.2, 0.25) is 0 Å². The second-order valence-corrected chi connectivity index (χ2v) is 17.9. The molecule has 2 atom stereocenters. The summed E-state index contributed by atoms with van der Waals surface area (Å²) in [4.78, 5) is 26.6. The molecule has 0 fully saturated rings. The zero-order valence-corrected chi connectivity index (χ0v) is 34.5. The Balaban J connectivity index is 1.34. The van der Waals surface area contributed by atoms with Crippen molar-refractivity contribution >= 4 is 135 Å². The van der Waals surface area contributed by atoms with Crippen LogP contribution in [-0.4, -0.2) is 38.1 Å².